The molecule has 1 aliphatic rings. The zero-order valence-corrected chi connectivity index (χ0v) is 10.9. The smallest absolute Gasteiger partial charge is 0.276 e. The van der Waals surface area contributed by atoms with Crippen molar-refractivity contribution in [2.45, 2.75) is 25.2 Å². The molecule has 1 heterocycles. The highest BCUT2D eigenvalue weighted by atomic mass is 16.1. The van der Waals surface area contributed by atoms with Gasteiger partial charge in [0.2, 0.25) is 0 Å². The van der Waals surface area contributed by atoms with E-state index < -0.39 is 0 Å². The minimum absolute atomic E-state index is 0.221. The molecule has 1 amide bonds. The number of aromatic nitrogens is 2. The van der Waals surface area contributed by atoms with E-state index in [0.717, 1.165) is 11.3 Å². The molecule has 0 bridgehead atoms. The SMILES string of the molecule is N#CCc1ccc(NC(=O)c2cc(C3CC3)[nH]n2)cc1. The predicted molar refractivity (Wildman–Crippen MR) is 74.3 cm³/mol. The van der Waals surface area contributed by atoms with Crippen molar-refractivity contribution in [1.82, 2.24) is 10.2 Å². The lowest BCUT2D eigenvalue weighted by Gasteiger charge is -2.03. The van der Waals surface area contributed by atoms with Gasteiger partial charge in [-0.15, -0.1) is 0 Å². The molecule has 5 heteroatoms. The Balaban J connectivity index is 1.66. The van der Waals surface area contributed by atoms with Gasteiger partial charge in [-0.05, 0) is 36.6 Å². The van der Waals surface area contributed by atoms with Crippen LogP contribution in [0.15, 0.2) is 30.3 Å². The van der Waals surface area contributed by atoms with E-state index in [9.17, 15) is 4.79 Å². The van der Waals surface area contributed by atoms with E-state index in [1.165, 1.54) is 12.8 Å². The van der Waals surface area contributed by atoms with Gasteiger partial charge in [-0.25, -0.2) is 0 Å². The third-order valence-electron chi connectivity index (χ3n) is 3.34. The van der Waals surface area contributed by atoms with Gasteiger partial charge in [-0.2, -0.15) is 10.4 Å². The first-order valence-corrected chi connectivity index (χ1v) is 6.59. The Morgan fingerprint density at radius 1 is 1.40 bits per heavy atom. The van der Waals surface area contributed by atoms with Crippen LogP contribution in [0.1, 0.15) is 40.5 Å². The largest absolute Gasteiger partial charge is 0.321 e. The molecule has 1 aliphatic carbocycles. The molecule has 0 spiro atoms. The van der Waals surface area contributed by atoms with Crippen LogP contribution < -0.4 is 5.32 Å². The molecule has 1 aromatic heterocycles. The summed E-state index contributed by atoms with van der Waals surface area (Å²) in [6.45, 7) is 0. The number of hydrogen-bond acceptors (Lipinski definition) is 3. The summed E-state index contributed by atoms with van der Waals surface area (Å²) < 4.78 is 0. The molecule has 1 fully saturated rings. The highest BCUT2D eigenvalue weighted by molar-refractivity contribution is 6.02. The van der Waals surface area contributed by atoms with Crippen LogP contribution in [0.2, 0.25) is 0 Å². The van der Waals surface area contributed by atoms with Gasteiger partial charge in [-0.3, -0.25) is 9.89 Å². The second-order valence-electron chi connectivity index (χ2n) is 4.97. The van der Waals surface area contributed by atoms with Crippen LogP contribution in [0.4, 0.5) is 5.69 Å². The van der Waals surface area contributed by atoms with Crippen molar-refractivity contribution in [2.24, 2.45) is 0 Å². The van der Waals surface area contributed by atoms with Crippen molar-refractivity contribution in [3.63, 3.8) is 0 Å². The third kappa shape index (κ3) is 2.69. The van der Waals surface area contributed by atoms with Crippen LogP contribution >= 0.6 is 0 Å². The van der Waals surface area contributed by atoms with Crippen molar-refractivity contribution in [3.8, 4) is 6.07 Å². The van der Waals surface area contributed by atoms with E-state index in [-0.39, 0.29) is 5.91 Å². The number of carbonyl (C=O) groups is 1. The maximum Gasteiger partial charge on any atom is 0.276 e. The summed E-state index contributed by atoms with van der Waals surface area (Å²) in [5, 5.41) is 18.4. The number of H-pyrrole nitrogens is 1. The summed E-state index contributed by atoms with van der Waals surface area (Å²) in [5.74, 6) is 0.329. The molecule has 1 aromatic carbocycles. The molecule has 0 unspecified atom stereocenters. The van der Waals surface area contributed by atoms with Gasteiger partial charge in [0.05, 0.1) is 12.5 Å². The van der Waals surface area contributed by atoms with Gasteiger partial charge >= 0.3 is 0 Å². The maximum atomic E-state index is 12.0. The average molecular weight is 266 g/mol. The number of nitriles is 1. The Hall–Kier alpha value is -2.61. The lowest BCUT2D eigenvalue weighted by molar-refractivity contribution is 0.102. The summed E-state index contributed by atoms with van der Waals surface area (Å²) >= 11 is 0. The highest BCUT2D eigenvalue weighted by Gasteiger charge is 2.26. The number of nitrogens with one attached hydrogen (secondary N) is 2. The van der Waals surface area contributed by atoms with Crippen molar-refractivity contribution in [2.75, 3.05) is 5.32 Å². The number of nitrogens with zero attached hydrogens (tertiary/aromatic N) is 2. The quantitative estimate of drug-likeness (QED) is 0.892. The van der Waals surface area contributed by atoms with E-state index >= 15 is 0 Å². The first kappa shape index (κ1) is 12.4. The van der Waals surface area contributed by atoms with Gasteiger partial charge in [-0.1, -0.05) is 12.1 Å². The van der Waals surface area contributed by atoms with Crippen LogP contribution in [0.3, 0.4) is 0 Å². The summed E-state index contributed by atoms with van der Waals surface area (Å²) in [6, 6.07) is 11.2. The minimum Gasteiger partial charge on any atom is -0.321 e. The van der Waals surface area contributed by atoms with E-state index in [4.69, 9.17) is 5.26 Å². The first-order chi connectivity index (χ1) is 9.76. The number of benzene rings is 1. The van der Waals surface area contributed by atoms with Crippen molar-refractivity contribution >= 4 is 11.6 Å². The van der Waals surface area contributed by atoms with Crippen LogP contribution in [-0.2, 0) is 6.42 Å². The Kier molecular flexibility index (Phi) is 3.21. The fraction of sp³-hybridized carbons (Fsp3) is 0.267. The molecule has 20 heavy (non-hydrogen) atoms. The Morgan fingerprint density at radius 3 is 2.80 bits per heavy atom. The summed E-state index contributed by atoms with van der Waals surface area (Å²) in [6.07, 6.45) is 2.71. The fourth-order valence-corrected chi connectivity index (χ4v) is 2.05. The van der Waals surface area contributed by atoms with E-state index in [1.54, 1.807) is 12.1 Å². The monoisotopic (exact) mass is 266 g/mol. The zero-order chi connectivity index (χ0) is 13.9. The Labute approximate surface area is 116 Å². The summed E-state index contributed by atoms with van der Waals surface area (Å²) in [7, 11) is 0. The average Bonchev–Trinajstić information content (AvgIpc) is 3.19. The number of carbonyl (C=O) groups excluding carboxylic acids is 1. The molecule has 3 rings (SSSR count). The number of anilines is 1. The van der Waals surface area contributed by atoms with Crippen LogP contribution in [-0.4, -0.2) is 16.1 Å². The molecular formula is C15H14N4O. The molecule has 100 valence electrons. The zero-order valence-electron chi connectivity index (χ0n) is 10.9. The maximum absolute atomic E-state index is 12.0. The minimum atomic E-state index is -0.221. The van der Waals surface area contributed by atoms with Crippen LogP contribution in [0.5, 0.6) is 0 Å². The van der Waals surface area contributed by atoms with Gasteiger partial charge in [0, 0.05) is 17.3 Å². The predicted octanol–water partition coefficient (Wildman–Crippen LogP) is 2.61. The fourth-order valence-electron chi connectivity index (χ4n) is 2.05. The van der Waals surface area contributed by atoms with E-state index in [2.05, 4.69) is 21.6 Å². The molecule has 2 aromatic rings. The second kappa shape index (κ2) is 5.17. The Morgan fingerprint density at radius 2 is 2.15 bits per heavy atom. The van der Waals surface area contributed by atoms with Crippen molar-refractivity contribution in [3.05, 3.63) is 47.3 Å². The number of amides is 1. The lowest BCUT2D eigenvalue weighted by Crippen LogP contribution is -2.12. The summed E-state index contributed by atoms with van der Waals surface area (Å²) in [4.78, 5) is 12.0. The molecule has 5 nitrogen and oxygen atoms in total. The molecular weight excluding hydrogens is 252 g/mol. The van der Waals surface area contributed by atoms with E-state index in [1.807, 2.05) is 18.2 Å². The number of aromatic amines is 1. The van der Waals surface area contributed by atoms with Gasteiger partial charge in [0.1, 0.15) is 0 Å². The standard InChI is InChI=1S/C15H14N4O/c16-8-7-10-1-5-12(6-2-10)17-15(20)14-9-13(18-19-14)11-3-4-11/h1-2,5-6,9,11H,3-4,7H2,(H,17,20)(H,18,19). The molecule has 0 aliphatic heterocycles. The topological polar surface area (TPSA) is 81.6 Å². The molecule has 0 saturated heterocycles. The van der Waals surface area contributed by atoms with Gasteiger partial charge < -0.3 is 5.32 Å². The second-order valence-corrected chi connectivity index (χ2v) is 4.97. The molecule has 2 N–H and O–H groups in total. The van der Waals surface area contributed by atoms with Crippen molar-refractivity contribution in [1.29, 1.82) is 5.26 Å². The highest BCUT2D eigenvalue weighted by Crippen LogP contribution is 2.39. The molecule has 0 radical (unpaired) electrons. The first-order valence-electron chi connectivity index (χ1n) is 6.59. The van der Waals surface area contributed by atoms with Crippen molar-refractivity contribution < 1.29 is 4.79 Å². The third-order valence-corrected chi connectivity index (χ3v) is 3.34. The number of hydrogen-bond donors (Lipinski definition) is 2. The molecule has 0 atom stereocenters. The number of rotatable bonds is 4. The van der Waals surface area contributed by atoms with Gasteiger partial charge in [0.15, 0.2) is 5.69 Å². The van der Waals surface area contributed by atoms with Crippen LogP contribution in [0, 0.1) is 11.3 Å². The van der Waals surface area contributed by atoms with Gasteiger partial charge in [0.25, 0.3) is 5.91 Å². The summed E-state index contributed by atoms with van der Waals surface area (Å²) in [5.41, 5.74) is 3.08. The lowest BCUT2D eigenvalue weighted by atomic mass is 10.1. The Bertz CT molecular complexity index is 662. The normalized spacial score (nSPS) is 13.8. The van der Waals surface area contributed by atoms with E-state index in [0.29, 0.717) is 23.7 Å². The van der Waals surface area contributed by atoms with Crippen LogP contribution in [0.25, 0.3) is 0 Å². The molecule has 1 saturated carbocycles.